The van der Waals surface area contributed by atoms with E-state index in [-0.39, 0.29) is 11.2 Å². The Kier molecular flexibility index (Phi) is 6.65. The molecule has 168 valence electrons. The number of anilines is 1. The number of hydrogen-bond acceptors (Lipinski definition) is 9. The molecule has 3 aromatic rings. The van der Waals surface area contributed by atoms with Crippen molar-refractivity contribution >= 4 is 28.3 Å². The van der Waals surface area contributed by atoms with Gasteiger partial charge in [-0.2, -0.15) is 13.2 Å². The topological polar surface area (TPSA) is 90.2 Å². The summed E-state index contributed by atoms with van der Waals surface area (Å²) in [6, 6.07) is 0. The van der Waals surface area contributed by atoms with Crippen molar-refractivity contribution in [1.29, 1.82) is 0 Å². The van der Waals surface area contributed by atoms with Gasteiger partial charge in [0.1, 0.15) is 23.2 Å². The van der Waals surface area contributed by atoms with Gasteiger partial charge >= 0.3 is 6.18 Å². The summed E-state index contributed by atoms with van der Waals surface area (Å²) >= 11 is 1.57. The molecule has 9 nitrogen and oxygen atoms in total. The molecule has 0 amide bonds. The number of hydrogen-bond donors (Lipinski definition) is 1. The van der Waals surface area contributed by atoms with E-state index in [0.717, 1.165) is 22.4 Å². The van der Waals surface area contributed by atoms with Gasteiger partial charge in [0.15, 0.2) is 17.3 Å². The molecule has 0 bridgehead atoms. The second-order valence-corrected chi connectivity index (χ2v) is 8.01. The molecule has 4 heterocycles. The maximum absolute atomic E-state index is 13.0. The molecular weight excluding hydrogens is 435 g/mol. The zero-order valence-electron chi connectivity index (χ0n) is 16.8. The number of fused-ring (bicyclic) bond motifs is 1. The fraction of sp³-hybridized carbons (Fsp3) is 0.556. The van der Waals surface area contributed by atoms with Gasteiger partial charge < -0.3 is 19.4 Å². The van der Waals surface area contributed by atoms with Gasteiger partial charge in [0.25, 0.3) is 0 Å². The smallest absolute Gasteiger partial charge is 0.383 e. The number of methoxy groups -OCH3 is 1. The molecule has 0 radical (unpaired) electrons. The number of halogens is 3. The average molecular weight is 457 g/mol. The first kappa shape index (κ1) is 21.9. The Balaban J connectivity index is 1.62. The second kappa shape index (κ2) is 9.42. The first-order valence-electron chi connectivity index (χ1n) is 9.67. The van der Waals surface area contributed by atoms with Gasteiger partial charge in [-0.25, -0.2) is 19.9 Å². The summed E-state index contributed by atoms with van der Waals surface area (Å²) in [4.78, 5) is 19.5. The van der Waals surface area contributed by atoms with E-state index in [4.69, 9.17) is 9.47 Å². The summed E-state index contributed by atoms with van der Waals surface area (Å²) in [5.74, 6) is 0.679. The van der Waals surface area contributed by atoms with Crippen LogP contribution in [-0.4, -0.2) is 75.5 Å². The number of morpholine rings is 1. The van der Waals surface area contributed by atoms with Crippen LogP contribution in [0.15, 0.2) is 17.9 Å². The van der Waals surface area contributed by atoms with Crippen molar-refractivity contribution in [3.63, 3.8) is 0 Å². The molecule has 0 aromatic carbocycles. The molecule has 31 heavy (non-hydrogen) atoms. The Labute approximate surface area is 180 Å². The molecule has 1 atom stereocenters. The predicted octanol–water partition coefficient (Wildman–Crippen LogP) is 2.48. The van der Waals surface area contributed by atoms with Crippen LogP contribution in [0.4, 0.5) is 19.0 Å². The third-order valence-corrected chi connectivity index (χ3v) is 5.47. The molecule has 0 aliphatic carbocycles. The number of rotatable bonds is 8. The van der Waals surface area contributed by atoms with Crippen LogP contribution in [0.1, 0.15) is 16.9 Å². The molecule has 0 spiro atoms. The Bertz CT molecular complexity index is 996. The molecule has 0 saturated carbocycles. The Morgan fingerprint density at radius 1 is 1.32 bits per heavy atom. The van der Waals surface area contributed by atoms with Crippen LogP contribution in [-0.2, 0) is 22.6 Å². The second-order valence-electron chi connectivity index (χ2n) is 7.03. The Morgan fingerprint density at radius 2 is 2.19 bits per heavy atom. The zero-order valence-corrected chi connectivity index (χ0v) is 17.6. The van der Waals surface area contributed by atoms with E-state index >= 15 is 0 Å². The zero-order chi connectivity index (χ0) is 21.8. The van der Waals surface area contributed by atoms with Crippen molar-refractivity contribution in [2.75, 3.05) is 45.3 Å². The van der Waals surface area contributed by atoms with E-state index in [1.54, 1.807) is 24.6 Å². The van der Waals surface area contributed by atoms with Crippen LogP contribution >= 0.6 is 11.3 Å². The van der Waals surface area contributed by atoms with Gasteiger partial charge in [0.2, 0.25) is 0 Å². The van der Waals surface area contributed by atoms with E-state index in [1.165, 1.54) is 0 Å². The molecule has 4 rings (SSSR count). The summed E-state index contributed by atoms with van der Waals surface area (Å²) < 4.78 is 51.0. The first-order valence-corrected chi connectivity index (χ1v) is 10.6. The molecule has 1 aliphatic rings. The fourth-order valence-electron chi connectivity index (χ4n) is 3.33. The standard InChI is InChI=1S/C18H22F3N7O2S/c1-29-5-2-23-16-14-17(28(11-24-14)10-18(19,20)21)26-15(25-16)12-8-27(4-6-30-12)9-13-22-3-7-31-13/h3,7,11-12H,2,4-6,8-10H2,1H3,(H,23,25,26). The summed E-state index contributed by atoms with van der Waals surface area (Å²) in [5.41, 5.74) is 0.391. The average Bonchev–Trinajstić information content (AvgIpc) is 3.37. The highest BCUT2D eigenvalue weighted by atomic mass is 32.1. The predicted molar refractivity (Wildman–Crippen MR) is 108 cm³/mol. The SMILES string of the molecule is COCCNc1nc(C2CN(Cc3nccs3)CCO2)nc2c1ncn2CC(F)(F)F. The summed E-state index contributed by atoms with van der Waals surface area (Å²) in [7, 11) is 1.56. The third-order valence-electron chi connectivity index (χ3n) is 4.71. The maximum atomic E-state index is 13.0. The van der Waals surface area contributed by atoms with Crippen LogP contribution in [0.5, 0.6) is 0 Å². The van der Waals surface area contributed by atoms with Crippen molar-refractivity contribution in [1.82, 2.24) is 29.4 Å². The Hall–Kier alpha value is -2.35. The minimum atomic E-state index is -4.39. The number of imidazole rings is 1. The number of ether oxygens (including phenoxy) is 2. The molecule has 1 fully saturated rings. The number of aromatic nitrogens is 5. The monoisotopic (exact) mass is 457 g/mol. The van der Waals surface area contributed by atoms with Gasteiger partial charge in [0.05, 0.1) is 26.1 Å². The summed E-state index contributed by atoms with van der Waals surface area (Å²) in [6.07, 6.45) is -1.98. The van der Waals surface area contributed by atoms with Gasteiger partial charge in [-0.1, -0.05) is 0 Å². The van der Waals surface area contributed by atoms with E-state index < -0.39 is 18.8 Å². The van der Waals surface area contributed by atoms with Crippen LogP contribution in [0.25, 0.3) is 11.2 Å². The highest BCUT2D eigenvalue weighted by molar-refractivity contribution is 7.09. The lowest BCUT2D eigenvalue weighted by Crippen LogP contribution is -2.38. The third kappa shape index (κ3) is 5.47. The van der Waals surface area contributed by atoms with Crippen molar-refractivity contribution in [3.05, 3.63) is 28.7 Å². The number of alkyl halides is 3. The number of nitrogens with one attached hydrogen (secondary N) is 1. The molecular formula is C18H22F3N7O2S. The van der Waals surface area contributed by atoms with Crippen molar-refractivity contribution in [2.24, 2.45) is 0 Å². The number of nitrogens with zero attached hydrogens (tertiary/aromatic N) is 6. The molecule has 1 N–H and O–H groups in total. The lowest BCUT2D eigenvalue weighted by molar-refractivity contribution is -0.140. The van der Waals surface area contributed by atoms with E-state index in [1.807, 2.05) is 5.38 Å². The maximum Gasteiger partial charge on any atom is 0.406 e. The lowest BCUT2D eigenvalue weighted by Gasteiger charge is -2.31. The van der Waals surface area contributed by atoms with Gasteiger partial charge in [-0.15, -0.1) is 11.3 Å². The van der Waals surface area contributed by atoms with Gasteiger partial charge in [0, 0.05) is 38.3 Å². The van der Waals surface area contributed by atoms with Crippen LogP contribution in [0.2, 0.25) is 0 Å². The fourth-order valence-corrected chi connectivity index (χ4v) is 3.99. The molecule has 13 heteroatoms. The normalized spacial score (nSPS) is 18.0. The lowest BCUT2D eigenvalue weighted by atomic mass is 10.2. The van der Waals surface area contributed by atoms with Gasteiger partial charge in [-0.3, -0.25) is 4.90 Å². The molecule has 1 unspecified atom stereocenters. The van der Waals surface area contributed by atoms with E-state index in [2.05, 4.69) is 30.2 Å². The molecule has 1 aliphatic heterocycles. The van der Waals surface area contributed by atoms with Gasteiger partial charge in [-0.05, 0) is 0 Å². The minimum Gasteiger partial charge on any atom is -0.383 e. The van der Waals surface area contributed by atoms with Crippen molar-refractivity contribution in [2.45, 2.75) is 25.4 Å². The first-order chi connectivity index (χ1) is 14.9. The van der Waals surface area contributed by atoms with E-state index in [9.17, 15) is 13.2 Å². The highest BCUT2D eigenvalue weighted by Crippen LogP contribution is 2.27. The summed E-state index contributed by atoms with van der Waals surface area (Å²) in [5, 5.41) is 5.99. The quantitative estimate of drug-likeness (QED) is 0.516. The van der Waals surface area contributed by atoms with Crippen molar-refractivity contribution in [3.8, 4) is 0 Å². The van der Waals surface area contributed by atoms with Crippen LogP contribution < -0.4 is 5.32 Å². The van der Waals surface area contributed by atoms with Crippen LogP contribution in [0, 0.1) is 0 Å². The largest absolute Gasteiger partial charge is 0.406 e. The van der Waals surface area contributed by atoms with Crippen LogP contribution in [0.3, 0.4) is 0 Å². The highest BCUT2D eigenvalue weighted by Gasteiger charge is 2.31. The molecule has 1 saturated heterocycles. The number of thiazole rings is 1. The minimum absolute atomic E-state index is 0.114. The van der Waals surface area contributed by atoms with E-state index in [0.29, 0.717) is 44.5 Å². The molecule has 3 aromatic heterocycles. The Morgan fingerprint density at radius 3 is 2.94 bits per heavy atom. The summed E-state index contributed by atoms with van der Waals surface area (Å²) in [6.45, 7) is 2.02. The van der Waals surface area contributed by atoms with Crippen molar-refractivity contribution < 1.29 is 22.6 Å².